The minimum Gasteiger partial charge on any atom is -0.434 e. The predicted molar refractivity (Wildman–Crippen MR) is 74.8 cm³/mol. The number of alkyl halides is 2. The summed E-state index contributed by atoms with van der Waals surface area (Å²) in [4.78, 5) is 0. The fraction of sp³-hybridized carbons (Fsp3) is 0.250. The minimum absolute atomic E-state index is 0.135. The summed E-state index contributed by atoms with van der Waals surface area (Å²) in [5.74, 6) is 0.218. The first-order chi connectivity index (χ1) is 9.66. The van der Waals surface area contributed by atoms with Crippen molar-refractivity contribution in [2.24, 2.45) is 0 Å². The van der Waals surface area contributed by atoms with E-state index < -0.39 is 6.61 Å². The van der Waals surface area contributed by atoms with Gasteiger partial charge in [0.25, 0.3) is 0 Å². The van der Waals surface area contributed by atoms with Crippen molar-refractivity contribution < 1.29 is 13.5 Å². The maximum atomic E-state index is 12.3. The molecule has 0 radical (unpaired) electrons. The van der Waals surface area contributed by atoms with Crippen LogP contribution in [0.3, 0.4) is 0 Å². The molecule has 2 aromatic rings. The molecule has 1 N–H and O–H groups in total. The highest BCUT2D eigenvalue weighted by Crippen LogP contribution is 2.21. The van der Waals surface area contributed by atoms with Gasteiger partial charge >= 0.3 is 6.61 Å². The molecular weight excluding hydrogens is 260 g/mol. The van der Waals surface area contributed by atoms with E-state index in [4.69, 9.17) is 0 Å². The Balaban J connectivity index is 2.00. The van der Waals surface area contributed by atoms with Crippen molar-refractivity contribution in [3.63, 3.8) is 0 Å². The molecule has 0 saturated heterocycles. The lowest BCUT2D eigenvalue weighted by Crippen LogP contribution is -2.18. The topological polar surface area (TPSA) is 21.3 Å². The van der Waals surface area contributed by atoms with Gasteiger partial charge in [-0.1, -0.05) is 48.5 Å². The Morgan fingerprint density at radius 1 is 1.00 bits per heavy atom. The Kier molecular flexibility index (Phi) is 5.07. The van der Waals surface area contributed by atoms with E-state index in [9.17, 15) is 8.78 Å². The number of halogens is 2. The maximum Gasteiger partial charge on any atom is 0.387 e. The number of nitrogens with one attached hydrogen (secondary N) is 1. The number of ether oxygens (including phenoxy) is 1. The Labute approximate surface area is 117 Å². The van der Waals surface area contributed by atoms with Crippen LogP contribution < -0.4 is 10.1 Å². The molecule has 1 unspecified atom stereocenters. The summed E-state index contributed by atoms with van der Waals surface area (Å²) < 4.78 is 29.2. The highest BCUT2D eigenvalue weighted by Gasteiger charge is 2.10. The number of para-hydroxylation sites is 1. The van der Waals surface area contributed by atoms with Crippen LogP contribution in [0.15, 0.2) is 54.6 Å². The molecule has 2 nitrogen and oxygen atoms in total. The zero-order valence-corrected chi connectivity index (χ0v) is 11.2. The van der Waals surface area contributed by atoms with Crippen LogP contribution in [0.2, 0.25) is 0 Å². The van der Waals surface area contributed by atoms with E-state index in [1.807, 2.05) is 43.3 Å². The predicted octanol–water partition coefficient (Wildman–Crippen LogP) is 4.14. The second-order valence-corrected chi connectivity index (χ2v) is 4.50. The van der Waals surface area contributed by atoms with Gasteiger partial charge in [0.2, 0.25) is 0 Å². The van der Waals surface area contributed by atoms with Gasteiger partial charge in [-0.3, -0.25) is 0 Å². The van der Waals surface area contributed by atoms with Crippen molar-refractivity contribution in [3.05, 3.63) is 65.7 Å². The molecule has 0 aliphatic rings. The van der Waals surface area contributed by atoms with Crippen LogP contribution in [0, 0.1) is 0 Å². The average Bonchev–Trinajstić information content (AvgIpc) is 2.46. The molecule has 2 rings (SSSR count). The number of benzene rings is 2. The van der Waals surface area contributed by atoms with Crippen molar-refractivity contribution in [2.75, 3.05) is 0 Å². The van der Waals surface area contributed by atoms with E-state index in [1.165, 1.54) is 0 Å². The maximum absolute atomic E-state index is 12.3. The molecule has 0 fully saturated rings. The van der Waals surface area contributed by atoms with E-state index in [-0.39, 0.29) is 11.8 Å². The Bertz CT molecular complexity index is 531. The number of hydrogen-bond acceptors (Lipinski definition) is 2. The lowest BCUT2D eigenvalue weighted by molar-refractivity contribution is -0.0505. The molecule has 106 valence electrons. The highest BCUT2D eigenvalue weighted by molar-refractivity contribution is 5.33. The second-order valence-electron chi connectivity index (χ2n) is 4.50. The van der Waals surface area contributed by atoms with Gasteiger partial charge in [0.05, 0.1) is 0 Å². The van der Waals surface area contributed by atoms with Gasteiger partial charge in [-0.2, -0.15) is 8.78 Å². The summed E-state index contributed by atoms with van der Waals surface area (Å²) in [6, 6.07) is 16.9. The van der Waals surface area contributed by atoms with Crippen molar-refractivity contribution in [1.82, 2.24) is 5.32 Å². The molecule has 2 aromatic carbocycles. The van der Waals surface area contributed by atoms with E-state index in [2.05, 4.69) is 10.1 Å². The van der Waals surface area contributed by atoms with Gasteiger partial charge < -0.3 is 10.1 Å². The molecule has 0 spiro atoms. The lowest BCUT2D eigenvalue weighted by atomic mass is 10.1. The Morgan fingerprint density at radius 3 is 2.35 bits per heavy atom. The van der Waals surface area contributed by atoms with Crippen LogP contribution in [0.1, 0.15) is 24.1 Å². The van der Waals surface area contributed by atoms with Gasteiger partial charge in [-0.25, -0.2) is 0 Å². The molecule has 4 heteroatoms. The fourth-order valence-electron chi connectivity index (χ4n) is 1.98. The van der Waals surface area contributed by atoms with Gasteiger partial charge in [-0.05, 0) is 18.6 Å². The van der Waals surface area contributed by atoms with Crippen LogP contribution in [0.25, 0.3) is 0 Å². The average molecular weight is 277 g/mol. The number of rotatable bonds is 6. The zero-order valence-electron chi connectivity index (χ0n) is 11.2. The third-order valence-electron chi connectivity index (χ3n) is 3.09. The molecule has 0 bridgehead atoms. The zero-order chi connectivity index (χ0) is 14.4. The molecule has 0 aliphatic carbocycles. The molecule has 0 aromatic heterocycles. The van der Waals surface area contributed by atoms with Gasteiger partial charge in [0.1, 0.15) is 5.75 Å². The van der Waals surface area contributed by atoms with E-state index in [0.29, 0.717) is 6.54 Å². The van der Waals surface area contributed by atoms with Gasteiger partial charge in [0.15, 0.2) is 0 Å². The normalized spacial score (nSPS) is 12.4. The fourth-order valence-corrected chi connectivity index (χ4v) is 1.98. The monoisotopic (exact) mass is 277 g/mol. The van der Waals surface area contributed by atoms with Crippen LogP contribution in [0.5, 0.6) is 5.75 Å². The summed E-state index contributed by atoms with van der Waals surface area (Å²) in [6.45, 7) is -0.298. The van der Waals surface area contributed by atoms with E-state index in [0.717, 1.165) is 11.1 Å². The van der Waals surface area contributed by atoms with Crippen LogP contribution >= 0.6 is 0 Å². The SMILES string of the molecule is CC(NCc1ccccc1OC(F)F)c1ccccc1. The van der Waals surface area contributed by atoms with Crippen LogP contribution in [-0.2, 0) is 6.54 Å². The summed E-state index contributed by atoms with van der Waals surface area (Å²) in [6.07, 6.45) is 0. The summed E-state index contributed by atoms with van der Waals surface area (Å²) in [5.41, 5.74) is 1.87. The molecule has 0 heterocycles. The smallest absolute Gasteiger partial charge is 0.387 e. The first-order valence-electron chi connectivity index (χ1n) is 6.48. The lowest BCUT2D eigenvalue weighted by Gasteiger charge is -2.16. The van der Waals surface area contributed by atoms with Crippen molar-refractivity contribution in [3.8, 4) is 5.75 Å². The van der Waals surface area contributed by atoms with Gasteiger partial charge in [0, 0.05) is 18.2 Å². The van der Waals surface area contributed by atoms with Crippen molar-refractivity contribution in [2.45, 2.75) is 26.1 Å². The highest BCUT2D eigenvalue weighted by atomic mass is 19.3. The molecule has 0 saturated carbocycles. The summed E-state index contributed by atoms with van der Waals surface area (Å²) in [7, 11) is 0. The molecular formula is C16H17F2NO. The van der Waals surface area contributed by atoms with Crippen LogP contribution in [0.4, 0.5) is 8.78 Å². The Morgan fingerprint density at radius 2 is 1.65 bits per heavy atom. The molecule has 0 aliphatic heterocycles. The third kappa shape index (κ3) is 4.03. The van der Waals surface area contributed by atoms with Crippen molar-refractivity contribution in [1.29, 1.82) is 0 Å². The quantitative estimate of drug-likeness (QED) is 0.857. The van der Waals surface area contributed by atoms with E-state index in [1.54, 1.807) is 18.2 Å². The summed E-state index contributed by atoms with van der Waals surface area (Å²) in [5, 5.41) is 3.30. The third-order valence-corrected chi connectivity index (χ3v) is 3.09. The Hall–Kier alpha value is -1.94. The first-order valence-corrected chi connectivity index (χ1v) is 6.48. The van der Waals surface area contributed by atoms with Crippen molar-refractivity contribution >= 4 is 0 Å². The van der Waals surface area contributed by atoms with E-state index >= 15 is 0 Å². The molecule has 1 atom stereocenters. The second kappa shape index (κ2) is 7.01. The molecule has 20 heavy (non-hydrogen) atoms. The number of hydrogen-bond donors (Lipinski definition) is 1. The first kappa shape index (κ1) is 14.5. The summed E-state index contributed by atoms with van der Waals surface area (Å²) >= 11 is 0. The molecule has 0 amide bonds. The van der Waals surface area contributed by atoms with Gasteiger partial charge in [-0.15, -0.1) is 0 Å². The standard InChI is InChI=1S/C16H17F2NO/c1-12(13-7-3-2-4-8-13)19-11-14-9-5-6-10-15(14)20-16(17)18/h2-10,12,16,19H,11H2,1H3. The van der Waals surface area contributed by atoms with Crippen LogP contribution in [-0.4, -0.2) is 6.61 Å². The largest absolute Gasteiger partial charge is 0.434 e. The minimum atomic E-state index is -2.80.